The van der Waals surface area contributed by atoms with Crippen molar-refractivity contribution in [2.75, 3.05) is 13.1 Å². The third kappa shape index (κ3) is 7.94. The zero-order valence-corrected chi connectivity index (χ0v) is 21.7. The van der Waals surface area contributed by atoms with Gasteiger partial charge in [-0.05, 0) is 43.2 Å². The summed E-state index contributed by atoms with van der Waals surface area (Å²) in [5, 5.41) is 6.20. The number of rotatable bonds is 10. The van der Waals surface area contributed by atoms with E-state index in [1.165, 1.54) is 6.42 Å². The Kier molecular flexibility index (Phi) is 10.4. The normalized spacial score (nSPS) is 21.3. The highest BCUT2D eigenvalue weighted by atomic mass is 16.2. The Labute approximate surface area is 210 Å². The molecule has 1 aliphatic heterocycles. The van der Waals surface area contributed by atoms with E-state index in [1.54, 1.807) is 22.2 Å². The van der Waals surface area contributed by atoms with E-state index in [0.29, 0.717) is 26.1 Å². The van der Waals surface area contributed by atoms with Crippen molar-refractivity contribution >= 4 is 17.8 Å². The number of hydrogen-bond acceptors (Lipinski definition) is 4. The summed E-state index contributed by atoms with van der Waals surface area (Å²) in [4.78, 5) is 47.8. The number of amides is 4. The third-order valence-electron chi connectivity index (χ3n) is 6.99. The predicted octanol–water partition coefficient (Wildman–Crippen LogP) is 3.86. The van der Waals surface area contributed by atoms with Crippen molar-refractivity contribution in [2.45, 2.75) is 103 Å². The monoisotopic (exact) mass is 485 g/mol. The highest BCUT2D eigenvalue weighted by Crippen LogP contribution is 2.27. The number of aromatic nitrogens is 1. The molecule has 0 radical (unpaired) electrons. The molecule has 0 unspecified atom stereocenters. The summed E-state index contributed by atoms with van der Waals surface area (Å²) in [5.41, 5.74) is 0.940. The SMILES string of the molecule is CCCCNC(=O)C[C@@H]1CN(Cc2cccnc2)C(=O)[C@H](CC(C)C)N1C(=O)NC1CCCCC1. The molecule has 3 rings (SSSR count). The van der Waals surface area contributed by atoms with Gasteiger partial charge in [-0.3, -0.25) is 14.6 Å². The fourth-order valence-electron chi connectivity index (χ4n) is 5.19. The van der Waals surface area contributed by atoms with Crippen LogP contribution in [-0.2, 0) is 16.1 Å². The van der Waals surface area contributed by atoms with E-state index in [4.69, 9.17) is 0 Å². The van der Waals surface area contributed by atoms with Gasteiger partial charge in [0.2, 0.25) is 11.8 Å². The minimum Gasteiger partial charge on any atom is -0.356 e. The van der Waals surface area contributed by atoms with E-state index in [0.717, 1.165) is 44.1 Å². The van der Waals surface area contributed by atoms with Crippen LogP contribution < -0.4 is 10.6 Å². The Morgan fingerprint density at radius 1 is 1.20 bits per heavy atom. The van der Waals surface area contributed by atoms with Crippen molar-refractivity contribution in [1.82, 2.24) is 25.4 Å². The molecule has 1 aromatic heterocycles. The Morgan fingerprint density at radius 2 is 1.97 bits per heavy atom. The molecule has 8 nitrogen and oxygen atoms in total. The molecule has 2 heterocycles. The zero-order valence-electron chi connectivity index (χ0n) is 21.7. The lowest BCUT2D eigenvalue weighted by Crippen LogP contribution is -2.66. The van der Waals surface area contributed by atoms with Crippen LogP contribution in [0.15, 0.2) is 24.5 Å². The Balaban J connectivity index is 1.84. The molecule has 1 saturated heterocycles. The van der Waals surface area contributed by atoms with E-state index >= 15 is 0 Å². The van der Waals surface area contributed by atoms with Gasteiger partial charge in [-0.2, -0.15) is 0 Å². The van der Waals surface area contributed by atoms with Crippen molar-refractivity contribution < 1.29 is 14.4 Å². The minimum absolute atomic E-state index is 0.0519. The Bertz CT molecular complexity index is 825. The molecule has 1 aliphatic carbocycles. The second-order valence-electron chi connectivity index (χ2n) is 10.5. The number of carbonyl (C=O) groups excluding carboxylic acids is 3. The summed E-state index contributed by atoms with van der Waals surface area (Å²) in [6.07, 6.45) is 11.5. The molecule has 0 aromatic carbocycles. The van der Waals surface area contributed by atoms with Crippen LogP contribution in [0.1, 0.15) is 84.1 Å². The first-order valence-corrected chi connectivity index (χ1v) is 13.4. The molecule has 2 aliphatic rings. The molecule has 1 saturated carbocycles. The van der Waals surface area contributed by atoms with Crippen LogP contribution in [0.3, 0.4) is 0 Å². The van der Waals surface area contributed by atoms with Crippen LogP contribution in [0.4, 0.5) is 4.79 Å². The second kappa shape index (κ2) is 13.4. The highest BCUT2D eigenvalue weighted by Gasteiger charge is 2.44. The first kappa shape index (κ1) is 27.0. The molecule has 2 atom stereocenters. The van der Waals surface area contributed by atoms with Crippen molar-refractivity contribution in [1.29, 1.82) is 0 Å². The maximum atomic E-state index is 13.7. The number of unbranched alkanes of at least 4 members (excludes halogenated alkanes) is 1. The number of nitrogens with zero attached hydrogens (tertiary/aromatic N) is 3. The predicted molar refractivity (Wildman–Crippen MR) is 136 cm³/mol. The average Bonchev–Trinajstić information content (AvgIpc) is 2.83. The number of hydrogen-bond donors (Lipinski definition) is 2. The van der Waals surface area contributed by atoms with E-state index < -0.39 is 6.04 Å². The molecule has 35 heavy (non-hydrogen) atoms. The molecular weight excluding hydrogens is 442 g/mol. The molecule has 2 fully saturated rings. The molecular formula is C27H43N5O3. The number of pyridine rings is 1. The number of piperazine rings is 1. The fraction of sp³-hybridized carbons (Fsp3) is 0.704. The molecule has 8 heteroatoms. The van der Waals surface area contributed by atoms with Crippen molar-refractivity contribution in [3.8, 4) is 0 Å². The molecule has 1 aromatic rings. The lowest BCUT2D eigenvalue weighted by atomic mass is 9.94. The van der Waals surface area contributed by atoms with Gasteiger partial charge >= 0.3 is 6.03 Å². The molecule has 194 valence electrons. The average molecular weight is 486 g/mol. The molecule has 2 N–H and O–H groups in total. The summed E-state index contributed by atoms with van der Waals surface area (Å²) in [6.45, 7) is 7.61. The third-order valence-corrected chi connectivity index (χ3v) is 6.99. The van der Waals surface area contributed by atoms with Crippen LogP contribution in [-0.4, -0.2) is 63.8 Å². The maximum absolute atomic E-state index is 13.7. The lowest BCUT2D eigenvalue weighted by molar-refractivity contribution is -0.145. The molecule has 0 bridgehead atoms. The molecule has 0 spiro atoms. The Morgan fingerprint density at radius 3 is 2.63 bits per heavy atom. The van der Waals surface area contributed by atoms with Crippen LogP contribution in [0.5, 0.6) is 0 Å². The standard InChI is InChI=1S/C27H43N5O3/c1-4-5-14-29-25(33)16-23-19-31(18-21-10-9-13-28-17-21)26(34)24(15-20(2)3)32(23)27(35)30-22-11-7-6-8-12-22/h9-10,13,17,20,22-24H,4-8,11-12,14-16,18-19H2,1-3H3,(H,29,33)(H,30,35)/t23-,24+/m1/s1. The fourth-order valence-corrected chi connectivity index (χ4v) is 5.19. The summed E-state index contributed by atoms with van der Waals surface area (Å²) < 4.78 is 0. The molecule has 4 amide bonds. The highest BCUT2D eigenvalue weighted by molar-refractivity contribution is 5.89. The van der Waals surface area contributed by atoms with Crippen molar-refractivity contribution in [3.05, 3.63) is 30.1 Å². The minimum atomic E-state index is -0.586. The number of nitrogens with one attached hydrogen (secondary N) is 2. The number of carbonyl (C=O) groups is 3. The van der Waals surface area contributed by atoms with Gasteiger partial charge in [0.25, 0.3) is 0 Å². The summed E-state index contributed by atoms with van der Waals surface area (Å²) in [7, 11) is 0. The van der Waals surface area contributed by atoms with E-state index in [-0.39, 0.29) is 42.3 Å². The largest absolute Gasteiger partial charge is 0.356 e. The van der Waals surface area contributed by atoms with Crippen LogP contribution >= 0.6 is 0 Å². The van der Waals surface area contributed by atoms with Crippen molar-refractivity contribution in [3.63, 3.8) is 0 Å². The van der Waals surface area contributed by atoms with Gasteiger partial charge in [0.1, 0.15) is 6.04 Å². The second-order valence-corrected chi connectivity index (χ2v) is 10.5. The van der Waals surface area contributed by atoms with Gasteiger partial charge in [-0.1, -0.05) is 52.5 Å². The summed E-state index contributed by atoms with van der Waals surface area (Å²) >= 11 is 0. The van der Waals surface area contributed by atoms with Crippen LogP contribution in [0.25, 0.3) is 0 Å². The van der Waals surface area contributed by atoms with E-state index in [9.17, 15) is 14.4 Å². The van der Waals surface area contributed by atoms with Crippen molar-refractivity contribution in [2.24, 2.45) is 5.92 Å². The maximum Gasteiger partial charge on any atom is 0.318 e. The lowest BCUT2D eigenvalue weighted by Gasteiger charge is -2.47. The first-order valence-electron chi connectivity index (χ1n) is 13.4. The van der Waals surface area contributed by atoms with Crippen LogP contribution in [0.2, 0.25) is 0 Å². The van der Waals surface area contributed by atoms with E-state index in [2.05, 4.69) is 36.4 Å². The quantitative estimate of drug-likeness (QED) is 0.492. The van der Waals surface area contributed by atoms with Gasteiger partial charge in [0.15, 0.2) is 0 Å². The number of urea groups is 1. The topological polar surface area (TPSA) is 94.6 Å². The van der Waals surface area contributed by atoms with Gasteiger partial charge in [0, 0.05) is 44.5 Å². The zero-order chi connectivity index (χ0) is 25.2. The van der Waals surface area contributed by atoms with Crippen LogP contribution in [0, 0.1) is 5.92 Å². The van der Waals surface area contributed by atoms with Gasteiger partial charge in [0.05, 0.1) is 6.04 Å². The summed E-state index contributed by atoms with van der Waals surface area (Å²) in [5.74, 6) is 0.105. The van der Waals surface area contributed by atoms with Gasteiger partial charge < -0.3 is 20.4 Å². The van der Waals surface area contributed by atoms with E-state index in [1.807, 2.05) is 12.1 Å². The van der Waals surface area contributed by atoms with Gasteiger partial charge in [-0.25, -0.2) is 4.79 Å². The summed E-state index contributed by atoms with van der Waals surface area (Å²) in [6, 6.07) is 2.78. The smallest absolute Gasteiger partial charge is 0.318 e. The van der Waals surface area contributed by atoms with Gasteiger partial charge in [-0.15, -0.1) is 0 Å². The first-order chi connectivity index (χ1) is 16.9. The Hall–Kier alpha value is -2.64.